The highest BCUT2D eigenvalue weighted by atomic mass is 19.3. The molecule has 0 spiro atoms. The van der Waals surface area contributed by atoms with Crippen molar-refractivity contribution in [2.45, 2.75) is 20.5 Å². The number of hydrogen-bond donors (Lipinski definition) is 1. The normalized spacial score (nSPS) is 10.4. The third-order valence-electron chi connectivity index (χ3n) is 2.65. The zero-order chi connectivity index (χ0) is 14.3. The Bertz CT molecular complexity index is 409. The van der Waals surface area contributed by atoms with E-state index in [2.05, 4.69) is 10.1 Å². The second kappa shape index (κ2) is 7.56. The molecule has 0 unspecified atom stereocenters. The Morgan fingerprint density at radius 3 is 2.53 bits per heavy atom. The van der Waals surface area contributed by atoms with Crippen molar-refractivity contribution in [1.82, 2.24) is 4.90 Å². The molecule has 0 saturated carbocycles. The van der Waals surface area contributed by atoms with E-state index < -0.39 is 6.61 Å². The molecule has 0 fully saturated rings. The van der Waals surface area contributed by atoms with Gasteiger partial charge in [0.15, 0.2) is 0 Å². The molecule has 106 valence electrons. The van der Waals surface area contributed by atoms with Crippen molar-refractivity contribution in [3.63, 3.8) is 0 Å². The van der Waals surface area contributed by atoms with E-state index in [0.717, 1.165) is 0 Å². The number of alkyl halides is 2. The van der Waals surface area contributed by atoms with Crippen molar-refractivity contribution in [1.29, 1.82) is 0 Å². The monoisotopic (exact) mass is 272 g/mol. The van der Waals surface area contributed by atoms with Crippen molar-refractivity contribution in [3.05, 3.63) is 24.3 Å². The van der Waals surface area contributed by atoms with Crippen LogP contribution >= 0.6 is 0 Å². The first-order valence-electron chi connectivity index (χ1n) is 6.14. The molecule has 0 aliphatic rings. The molecule has 1 N–H and O–H groups in total. The number of benzene rings is 1. The topological polar surface area (TPSA) is 41.6 Å². The number of carbonyl (C=O) groups excluding carboxylic acids is 1. The molecule has 6 heteroatoms. The fraction of sp³-hybridized carbons (Fsp3) is 0.462. The van der Waals surface area contributed by atoms with Gasteiger partial charge in [-0.15, -0.1) is 0 Å². The molecule has 1 amide bonds. The second-order valence-corrected chi connectivity index (χ2v) is 3.79. The van der Waals surface area contributed by atoms with Crippen LogP contribution in [0.15, 0.2) is 24.3 Å². The maximum Gasteiger partial charge on any atom is 0.387 e. The Hall–Kier alpha value is -1.85. The Kier molecular flexibility index (Phi) is 6.05. The highest BCUT2D eigenvalue weighted by Crippen LogP contribution is 2.25. The molecule has 0 bridgehead atoms. The zero-order valence-corrected chi connectivity index (χ0v) is 11.0. The number of amides is 1. The highest BCUT2D eigenvalue weighted by Gasteiger charge is 2.12. The Morgan fingerprint density at radius 1 is 1.32 bits per heavy atom. The predicted octanol–water partition coefficient (Wildman–Crippen LogP) is 2.57. The van der Waals surface area contributed by atoms with Gasteiger partial charge in [0, 0.05) is 13.1 Å². The van der Waals surface area contributed by atoms with Gasteiger partial charge in [0.05, 0.1) is 12.2 Å². The average Bonchev–Trinajstić information content (AvgIpc) is 2.38. The molecule has 19 heavy (non-hydrogen) atoms. The van der Waals surface area contributed by atoms with Crippen molar-refractivity contribution < 1.29 is 18.3 Å². The van der Waals surface area contributed by atoms with Crippen LogP contribution < -0.4 is 10.1 Å². The summed E-state index contributed by atoms with van der Waals surface area (Å²) < 4.78 is 28.8. The van der Waals surface area contributed by atoms with Crippen LogP contribution in [-0.2, 0) is 4.79 Å². The minimum Gasteiger partial charge on any atom is -0.433 e. The Morgan fingerprint density at radius 2 is 1.95 bits per heavy atom. The summed E-state index contributed by atoms with van der Waals surface area (Å²) in [6.07, 6.45) is 0. The van der Waals surface area contributed by atoms with Gasteiger partial charge < -0.3 is 15.0 Å². The second-order valence-electron chi connectivity index (χ2n) is 3.79. The van der Waals surface area contributed by atoms with Crippen LogP contribution in [0.1, 0.15) is 13.8 Å². The molecule has 0 atom stereocenters. The average molecular weight is 272 g/mol. The summed E-state index contributed by atoms with van der Waals surface area (Å²) in [6.45, 7) is 2.16. The third-order valence-corrected chi connectivity index (χ3v) is 2.65. The number of nitrogens with one attached hydrogen (secondary N) is 1. The molecular weight excluding hydrogens is 254 g/mol. The van der Waals surface area contributed by atoms with Crippen molar-refractivity contribution in [2.75, 3.05) is 25.0 Å². The van der Waals surface area contributed by atoms with E-state index in [4.69, 9.17) is 0 Å². The smallest absolute Gasteiger partial charge is 0.387 e. The summed E-state index contributed by atoms with van der Waals surface area (Å²) in [7, 11) is 0. The lowest BCUT2D eigenvalue weighted by molar-refractivity contribution is -0.128. The number of hydrogen-bond acceptors (Lipinski definition) is 3. The van der Waals surface area contributed by atoms with Crippen LogP contribution in [0.3, 0.4) is 0 Å². The third kappa shape index (κ3) is 4.73. The van der Waals surface area contributed by atoms with Gasteiger partial charge >= 0.3 is 6.61 Å². The largest absolute Gasteiger partial charge is 0.433 e. The van der Waals surface area contributed by atoms with Crippen LogP contribution in [0.4, 0.5) is 14.5 Å². The number of anilines is 1. The molecule has 0 aliphatic carbocycles. The van der Waals surface area contributed by atoms with E-state index in [-0.39, 0.29) is 18.2 Å². The number of para-hydroxylation sites is 2. The zero-order valence-electron chi connectivity index (χ0n) is 11.0. The van der Waals surface area contributed by atoms with Gasteiger partial charge in [-0.25, -0.2) is 0 Å². The lowest BCUT2D eigenvalue weighted by Crippen LogP contribution is -2.35. The summed E-state index contributed by atoms with van der Waals surface area (Å²) in [4.78, 5) is 13.4. The van der Waals surface area contributed by atoms with Crippen molar-refractivity contribution in [3.8, 4) is 5.75 Å². The number of rotatable bonds is 7. The van der Waals surface area contributed by atoms with Gasteiger partial charge in [0.1, 0.15) is 5.75 Å². The molecule has 1 aromatic rings. The number of ether oxygens (including phenoxy) is 1. The molecular formula is C13H18F2N2O2. The molecule has 0 heterocycles. The van der Waals surface area contributed by atoms with Crippen LogP contribution in [-0.4, -0.2) is 37.1 Å². The summed E-state index contributed by atoms with van der Waals surface area (Å²) in [5.74, 6) is -0.0540. The van der Waals surface area contributed by atoms with E-state index in [1.165, 1.54) is 6.07 Å². The van der Waals surface area contributed by atoms with Gasteiger partial charge in [-0.2, -0.15) is 8.78 Å². The lowest BCUT2D eigenvalue weighted by Gasteiger charge is -2.19. The fourth-order valence-corrected chi connectivity index (χ4v) is 1.67. The number of nitrogens with zero attached hydrogens (tertiary/aromatic N) is 1. The molecule has 0 aromatic heterocycles. The number of carbonyl (C=O) groups is 1. The molecule has 1 aromatic carbocycles. The lowest BCUT2D eigenvalue weighted by atomic mass is 10.3. The van der Waals surface area contributed by atoms with Crippen LogP contribution in [0, 0.1) is 0 Å². The summed E-state index contributed by atoms with van der Waals surface area (Å²) in [5, 5.41) is 2.82. The van der Waals surface area contributed by atoms with E-state index in [1.54, 1.807) is 23.1 Å². The number of likely N-dealkylation sites (N-methyl/N-ethyl adjacent to an activating group) is 1. The van der Waals surface area contributed by atoms with Gasteiger partial charge in [-0.1, -0.05) is 12.1 Å². The predicted molar refractivity (Wildman–Crippen MR) is 69.5 cm³/mol. The van der Waals surface area contributed by atoms with Crippen LogP contribution in [0.25, 0.3) is 0 Å². The minimum absolute atomic E-state index is 0.0323. The van der Waals surface area contributed by atoms with E-state index in [9.17, 15) is 13.6 Å². The molecule has 0 radical (unpaired) electrons. The molecule has 1 rings (SSSR count). The molecule has 4 nitrogen and oxygen atoms in total. The Balaban J connectivity index is 2.64. The van der Waals surface area contributed by atoms with Crippen LogP contribution in [0.2, 0.25) is 0 Å². The number of halogens is 2. The van der Waals surface area contributed by atoms with Crippen LogP contribution in [0.5, 0.6) is 5.75 Å². The van der Waals surface area contributed by atoms with Gasteiger partial charge in [-0.05, 0) is 26.0 Å². The standard InChI is InChI=1S/C13H18F2N2O2/c1-3-17(4-2)12(18)9-16-10-7-5-6-8-11(10)19-13(14)15/h5-8,13,16H,3-4,9H2,1-2H3. The Labute approximate surface area is 111 Å². The maximum absolute atomic E-state index is 12.2. The summed E-state index contributed by atoms with van der Waals surface area (Å²) in [6, 6.07) is 6.29. The SMILES string of the molecule is CCN(CC)C(=O)CNc1ccccc1OC(F)F. The first-order valence-corrected chi connectivity index (χ1v) is 6.14. The molecule has 0 saturated heterocycles. The first kappa shape index (κ1) is 15.2. The van der Waals surface area contributed by atoms with Crippen molar-refractivity contribution in [2.24, 2.45) is 0 Å². The van der Waals surface area contributed by atoms with E-state index in [1.807, 2.05) is 13.8 Å². The van der Waals surface area contributed by atoms with Crippen molar-refractivity contribution >= 4 is 11.6 Å². The minimum atomic E-state index is -2.89. The summed E-state index contributed by atoms with van der Waals surface area (Å²) in [5.41, 5.74) is 0.378. The maximum atomic E-state index is 12.2. The fourth-order valence-electron chi connectivity index (χ4n) is 1.67. The first-order chi connectivity index (χ1) is 9.08. The summed E-state index contributed by atoms with van der Waals surface area (Å²) >= 11 is 0. The van der Waals surface area contributed by atoms with Gasteiger partial charge in [0.25, 0.3) is 0 Å². The van der Waals surface area contributed by atoms with Gasteiger partial charge in [-0.3, -0.25) is 4.79 Å². The molecule has 0 aliphatic heterocycles. The van der Waals surface area contributed by atoms with E-state index >= 15 is 0 Å². The quantitative estimate of drug-likeness (QED) is 0.829. The van der Waals surface area contributed by atoms with Gasteiger partial charge in [0.2, 0.25) is 5.91 Å². The van der Waals surface area contributed by atoms with E-state index in [0.29, 0.717) is 18.8 Å². The highest BCUT2D eigenvalue weighted by molar-refractivity contribution is 5.81.